The summed E-state index contributed by atoms with van der Waals surface area (Å²) in [6, 6.07) is 9.22. The van der Waals surface area contributed by atoms with Crippen molar-refractivity contribution in [2.24, 2.45) is 10.2 Å². The zero-order valence-electron chi connectivity index (χ0n) is 23.1. The van der Waals surface area contributed by atoms with E-state index in [9.17, 15) is 4.79 Å². The first-order valence-electron chi connectivity index (χ1n) is 14.6. The Morgan fingerprint density at radius 3 is 1.71 bits per heavy atom. The Hall–Kier alpha value is -3.29. The number of hydrazone groups is 2. The van der Waals surface area contributed by atoms with E-state index in [0.29, 0.717) is 35.2 Å². The number of pyridine rings is 2. The smallest absolute Gasteiger partial charge is 0.224 e. The van der Waals surface area contributed by atoms with Crippen LogP contribution in [0.4, 0.5) is 5.69 Å². The maximum absolute atomic E-state index is 12.3. The molecule has 8 heteroatoms. The molecular weight excluding hydrogens is 474 g/mol. The van der Waals surface area contributed by atoms with Crippen LogP contribution in [0.3, 0.4) is 0 Å². The number of amides is 1. The fourth-order valence-corrected chi connectivity index (χ4v) is 4.49. The monoisotopic (exact) mass is 519 g/mol. The number of aromatic nitrogens is 2. The highest BCUT2D eigenvalue weighted by atomic mass is 16.1. The summed E-state index contributed by atoms with van der Waals surface area (Å²) in [5.74, 6) is 1.08. The quantitative estimate of drug-likeness (QED) is 0.175. The Labute approximate surface area is 228 Å². The summed E-state index contributed by atoms with van der Waals surface area (Å²) in [4.78, 5) is 20.9. The highest BCUT2D eigenvalue weighted by Gasteiger charge is 2.13. The van der Waals surface area contributed by atoms with Crippen molar-refractivity contribution in [3.63, 3.8) is 0 Å². The van der Waals surface area contributed by atoms with E-state index in [-0.39, 0.29) is 5.91 Å². The Morgan fingerprint density at radius 2 is 1.24 bits per heavy atom. The van der Waals surface area contributed by atoms with Crippen LogP contribution in [0.2, 0.25) is 0 Å². The molecule has 0 saturated carbocycles. The molecule has 2 aromatic rings. The molecule has 0 aliphatic carbocycles. The number of nitrogens with one attached hydrogen (secondary N) is 3. The molecule has 1 aliphatic rings. The molecule has 1 amide bonds. The molecule has 0 aromatic carbocycles. The first kappa shape index (κ1) is 29.3. The summed E-state index contributed by atoms with van der Waals surface area (Å²) >= 11 is 0. The minimum Gasteiger partial charge on any atom is -0.325 e. The fourth-order valence-electron chi connectivity index (χ4n) is 4.49. The lowest BCUT2D eigenvalue weighted by Gasteiger charge is -2.14. The summed E-state index contributed by atoms with van der Waals surface area (Å²) < 4.78 is 0. The largest absolute Gasteiger partial charge is 0.325 e. The second-order valence-electron chi connectivity index (χ2n) is 10.0. The van der Waals surface area contributed by atoms with Crippen LogP contribution in [0.15, 0.2) is 52.9 Å². The summed E-state index contributed by atoms with van der Waals surface area (Å²) in [5.41, 5.74) is 7.80. The molecule has 0 unspecified atom stereocenters. The number of rotatable bonds is 19. The molecule has 0 radical (unpaired) electrons. The zero-order valence-corrected chi connectivity index (χ0v) is 23.1. The Bertz CT molecular complexity index is 989. The lowest BCUT2D eigenvalue weighted by atomic mass is 10.0. The van der Waals surface area contributed by atoms with Crippen LogP contribution >= 0.6 is 0 Å². The SMILES string of the molecule is CCCCCCCCCCCCCCCCCC(=O)Nc1ccc(C2=NNC(c3ccccn3)=NN2)nc1. The van der Waals surface area contributed by atoms with Crippen molar-refractivity contribution in [2.75, 3.05) is 5.32 Å². The highest BCUT2D eigenvalue weighted by Crippen LogP contribution is 2.14. The van der Waals surface area contributed by atoms with E-state index in [0.717, 1.165) is 12.8 Å². The molecule has 38 heavy (non-hydrogen) atoms. The second kappa shape index (κ2) is 18.0. The van der Waals surface area contributed by atoms with Gasteiger partial charge in [-0.2, -0.15) is 10.2 Å². The number of carbonyl (C=O) groups is 1. The van der Waals surface area contributed by atoms with Crippen LogP contribution in [0.25, 0.3) is 0 Å². The Morgan fingerprint density at radius 1 is 0.684 bits per heavy atom. The van der Waals surface area contributed by atoms with Gasteiger partial charge in [0.2, 0.25) is 5.91 Å². The summed E-state index contributed by atoms with van der Waals surface area (Å²) in [6.45, 7) is 2.27. The van der Waals surface area contributed by atoms with Gasteiger partial charge in [0.1, 0.15) is 11.4 Å². The maximum atomic E-state index is 12.3. The van der Waals surface area contributed by atoms with Gasteiger partial charge in [-0.25, -0.2) is 0 Å². The van der Waals surface area contributed by atoms with Gasteiger partial charge in [-0.1, -0.05) is 103 Å². The van der Waals surface area contributed by atoms with Crippen molar-refractivity contribution < 1.29 is 4.79 Å². The van der Waals surface area contributed by atoms with Gasteiger partial charge in [0.05, 0.1) is 11.9 Å². The summed E-state index contributed by atoms with van der Waals surface area (Å²) in [6.07, 6.45) is 23.7. The number of unbranched alkanes of at least 4 members (excludes halogenated alkanes) is 14. The van der Waals surface area contributed by atoms with Gasteiger partial charge < -0.3 is 5.32 Å². The first-order valence-corrected chi connectivity index (χ1v) is 14.6. The topological polar surface area (TPSA) is 104 Å². The normalized spacial score (nSPS) is 12.8. The predicted octanol–water partition coefficient (Wildman–Crippen LogP) is 6.89. The van der Waals surface area contributed by atoms with Crippen LogP contribution in [0.1, 0.15) is 121 Å². The van der Waals surface area contributed by atoms with E-state index in [1.807, 2.05) is 24.3 Å². The molecule has 0 saturated heterocycles. The van der Waals surface area contributed by atoms with Gasteiger partial charge in [-0.15, -0.1) is 0 Å². The summed E-state index contributed by atoms with van der Waals surface area (Å²) in [7, 11) is 0. The van der Waals surface area contributed by atoms with Gasteiger partial charge in [0, 0.05) is 12.6 Å². The standard InChI is InChI=1S/C30H45N7O/c1-2-3-4-5-6-7-8-9-10-11-12-13-14-15-16-20-28(38)33-25-21-22-27(32-24-25)30-36-34-29(35-37-30)26-19-17-18-23-31-26/h17-19,21-24H,2-16,20H2,1H3,(H,33,38)(H,34,35)(H,36,37). The zero-order chi connectivity index (χ0) is 26.7. The van der Waals surface area contributed by atoms with E-state index in [2.05, 4.69) is 43.3 Å². The van der Waals surface area contributed by atoms with Gasteiger partial charge in [0.25, 0.3) is 0 Å². The van der Waals surface area contributed by atoms with Crippen molar-refractivity contribution >= 4 is 23.3 Å². The second-order valence-corrected chi connectivity index (χ2v) is 10.0. The van der Waals surface area contributed by atoms with Crippen LogP contribution in [0.5, 0.6) is 0 Å². The van der Waals surface area contributed by atoms with Crippen LogP contribution in [-0.2, 0) is 4.79 Å². The van der Waals surface area contributed by atoms with Gasteiger partial charge in [-0.3, -0.25) is 25.6 Å². The van der Waals surface area contributed by atoms with E-state index in [1.54, 1.807) is 18.5 Å². The molecule has 1 aliphatic heterocycles. The average Bonchev–Trinajstić information content (AvgIpc) is 2.96. The highest BCUT2D eigenvalue weighted by molar-refractivity contribution is 6.04. The third kappa shape index (κ3) is 11.4. The van der Waals surface area contributed by atoms with Gasteiger partial charge in [0.15, 0.2) is 11.7 Å². The molecule has 8 nitrogen and oxygen atoms in total. The predicted molar refractivity (Wildman–Crippen MR) is 156 cm³/mol. The number of hydrogen-bond donors (Lipinski definition) is 3. The molecule has 0 fully saturated rings. The van der Waals surface area contributed by atoms with Crippen LogP contribution < -0.4 is 16.2 Å². The summed E-state index contributed by atoms with van der Waals surface area (Å²) in [5, 5.41) is 11.5. The molecule has 2 aromatic heterocycles. The number of anilines is 1. The fraction of sp³-hybridized carbons (Fsp3) is 0.567. The van der Waals surface area contributed by atoms with Crippen LogP contribution in [0, 0.1) is 0 Å². The molecule has 3 rings (SSSR count). The van der Waals surface area contributed by atoms with Crippen molar-refractivity contribution in [1.82, 2.24) is 20.8 Å². The lowest BCUT2D eigenvalue weighted by molar-refractivity contribution is -0.116. The third-order valence-electron chi connectivity index (χ3n) is 6.75. The third-order valence-corrected chi connectivity index (χ3v) is 6.75. The minimum atomic E-state index is 0.0358. The molecule has 206 valence electrons. The maximum Gasteiger partial charge on any atom is 0.224 e. The molecule has 3 N–H and O–H groups in total. The van der Waals surface area contributed by atoms with Gasteiger partial charge in [-0.05, 0) is 30.7 Å². The van der Waals surface area contributed by atoms with E-state index in [1.165, 1.54) is 83.5 Å². The first-order chi connectivity index (χ1) is 18.8. The van der Waals surface area contributed by atoms with Crippen LogP contribution in [-0.4, -0.2) is 27.5 Å². The molecule has 0 atom stereocenters. The minimum absolute atomic E-state index is 0.0358. The number of nitrogens with zero attached hydrogens (tertiary/aromatic N) is 4. The molecule has 0 spiro atoms. The van der Waals surface area contributed by atoms with Crippen molar-refractivity contribution in [1.29, 1.82) is 0 Å². The Kier molecular flexibility index (Phi) is 13.9. The van der Waals surface area contributed by atoms with Gasteiger partial charge >= 0.3 is 0 Å². The van der Waals surface area contributed by atoms with Crippen molar-refractivity contribution in [3.8, 4) is 0 Å². The number of amidine groups is 2. The number of hydrogen-bond acceptors (Lipinski definition) is 7. The number of carbonyl (C=O) groups excluding carboxylic acids is 1. The average molecular weight is 520 g/mol. The van der Waals surface area contributed by atoms with E-state index in [4.69, 9.17) is 0 Å². The molecular formula is C30H45N7O. The van der Waals surface area contributed by atoms with E-state index >= 15 is 0 Å². The molecule has 3 heterocycles. The van der Waals surface area contributed by atoms with Crippen molar-refractivity contribution in [3.05, 3.63) is 54.1 Å². The van der Waals surface area contributed by atoms with E-state index < -0.39 is 0 Å². The molecule has 0 bridgehead atoms. The lowest BCUT2D eigenvalue weighted by Crippen LogP contribution is -2.35. The van der Waals surface area contributed by atoms with Crippen molar-refractivity contribution in [2.45, 2.75) is 110 Å². The Balaban J connectivity index is 1.19.